The van der Waals surface area contributed by atoms with Crippen molar-refractivity contribution in [2.45, 2.75) is 45.2 Å². The number of nitrogens with one attached hydrogen (secondary N) is 2. The maximum absolute atomic E-state index is 12.2. The van der Waals surface area contributed by atoms with Crippen LogP contribution in [-0.4, -0.2) is 66.4 Å². The molecule has 2 N–H and O–H groups in total. The van der Waals surface area contributed by atoms with E-state index in [1.54, 1.807) is 12.1 Å². The minimum absolute atomic E-state index is 0.00883. The fourth-order valence-corrected chi connectivity index (χ4v) is 3.52. The van der Waals surface area contributed by atoms with Gasteiger partial charge >= 0.3 is 0 Å². The molecular formula is C20H29N5O4. The van der Waals surface area contributed by atoms with E-state index >= 15 is 0 Å². The quantitative estimate of drug-likeness (QED) is 0.528. The first kappa shape index (κ1) is 21.0. The molecule has 0 bridgehead atoms. The van der Waals surface area contributed by atoms with Crippen molar-refractivity contribution in [3.8, 4) is 0 Å². The minimum Gasteiger partial charge on any atom is -0.365 e. The lowest BCUT2D eigenvalue weighted by Gasteiger charge is -2.23. The van der Waals surface area contributed by atoms with E-state index in [-0.39, 0.29) is 29.6 Å². The van der Waals surface area contributed by atoms with E-state index in [1.165, 1.54) is 6.07 Å². The van der Waals surface area contributed by atoms with E-state index in [9.17, 15) is 19.7 Å². The molecule has 3 rings (SSSR count). The number of amides is 2. The molecule has 9 nitrogen and oxygen atoms in total. The summed E-state index contributed by atoms with van der Waals surface area (Å²) in [5.74, 6) is -0.272. The summed E-state index contributed by atoms with van der Waals surface area (Å²) < 4.78 is 0. The smallest absolute Gasteiger partial charge is 0.293 e. The zero-order chi connectivity index (χ0) is 21.0. The summed E-state index contributed by atoms with van der Waals surface area (Å²) in [7, 11) is 0. The summed E-state index contributed by atoms with van der Waals surface area (Å²) in [5, 5.41) is 17.4. The van der Waals surface area contributed by atoms with Gasteiger partial charge in [0.1, 0.15) is 5.69 Å². The first-order valence-electron chi connectivity index (χ1n) is 10.2. The van der Waals surface area contributed by atoms with Crippen molar-refractivity contribution in [1.82, 2.24) is 15.5 Å². The fraction of sp³-hybridized carbons (Fsp3) is 0.600. The summed E-state index contributed by atoms with van der Waals surface area (Å²) in [5.41, 5.74) is 0.778. The first-order valence-corrected chi connectivity index (χ1v) is 10.2. The number of rotatable bonds is 7. The third-order valence-corrected chi connectivity index (χ3v) is 5.09. The van der Waals surface area contributed by atoms with Gasteiger partial charge < -0.3 is 15.5 Å². The maximum Gasteiger partial charge on any atom is 0.293 e. The predicted molar refractivity (Wildman–Crippen MR) is 110 cm³/mol. The van der Waals surface area contributed by atoms with Crippen LogP contribution in [0.1, 0.15) is 43.5 Å². The molecule has 0 spiro atoms. The number of carbonyl (C=O) groups is 2. The molecule has 0 atom stereocenters. The Balaban J connectivity index is 1.68. The molecule has 158 valence electrons. The van der Waals surface area contributed by atoms with Crippen LogP contribution < -0.4 is 15.5 Å². The Hall–Kier alpha value is -2.68. The topological polar surface area (TPSA) is 108 Å². The SMILES string of the molecule is CC(C)NC(=O)CN1CCCN(c2ccc(C(=O)NC3CC3)cc2[N+](=O)[O-])CC1. The molecule has 2 amide bonds. The molecule has 29 heavy (non-hydrogen) atoms. The van der Waals surface area contributed by atoms with Crippen molar-refractivity contribution in [3.05, 3.63) is 33.9 Å². The highest BCUT2D eigenvalue weighted by atomic mass is 16.6. The summed E-state index contributed by atoms with van der Waals surface area (Å²) in [6.07, 6.45) is 2.73. The third kappa shape index (κ3) is 5.90. The van der Waals surface area contributed by atoms with Gasteiger partial charge in [0.2, 0.25) is 5.91 Å². The molecule has 2 aliphatic rings. The lowest BCUT2D eigenvalue weighted by Crippen LogP contribution is -2.41. The van der Waals surface area contributed by atoms with Gasteiger partial charge in [0.15, 0.2) is 0 Å². The molecular weight excluding hydrogens is 374 g/mol. The van der Waals surface area contributed by atoms with Gasteiger partial charge in [-0.1, -0.05) is 0 Å². The highest BCUT2D eigenvalue weighted by Gasteiger charge is 2.27. The number of hydrogen-bond acceptors (Lipinski definition) is 6. The van der Waals surface area contributed by atoms with E-state index in [4.69, 9.17) is 0 Å². The van der Waals surface area contributed by atoms with Crippen LogP contribution in [0.3, 0.4) is 0 Å². The number of nitrogens with zero attached hydrogens (tertiary/aromatic N) is 3. The first-order chi connectivity index (χ1) is 13.8. The van der Waals surface area contributed by atoms with Crippen LogP contribution in [0.4, 0.5) is 11.4 Å². The molecule has 0 radical (unpaired) electrons. The Morgan fingerprint density at radius 1 is 1.21 bits per heavy atom. The molecule has 0 aromatic heterocycles. The van der Waals surface area contributed by atoms with Gasteiger partial charge in [0.25, 0.3) is 11.6 Å². The van der Waals surface area contributed by atoms with Gasteiger partial charge in [-0.2, -0.15) is 0 Å². The van der Waals surface area contributed by atoms with E-state index < -0.39 is 4.92 Å². The Labute approximate surface area is 170 Å². The molecule has 1 saturated heterocycles. The molecule has 1 aliphatic heterocycles. The zero-order valence-corrected chi connectivity index (χ0v) is 17.0. The van der Waals surface area contributed by atoms with Crippen LogP contribution in [0.25, 0.3) is 0 Å². The second kappa shape index (κ2) is 9.21. The minimum atomic E-state index is -0.429. The average molecular weight is 403 g/mol. The summed E-state index contributed by atoms with van der Waals surface area (Å²) in [6, 6.07) is 4.99. The van der Waals surface area contributed by atoms with Crippen LogP contribution in [0, 0.1) is 10.1 Å². The molecule has 1 aliphatic carbocycles. The lowest BCUT2D eigenvalue weighted by molar-refractivity contribution is -0.384. The van der Waals surface area contributed by atoms with Crippen LogP contribution in [0.5, 0.6) is 0 Å². The van der Waals surface area contributed by atoms with E-state index in [0.29, 0.717) is 37.4 Å². The fourth-order valence-electron chi connectivity index (χ4n) is 3.52. The number of anilines is 1. The number of hydrogen-bond donors (Lipinski definition) is 2. The predicted octanol–water partition coefficient (Wildman–Crippen LogP) is 1.52. The van der Waals surface area contributed by atoms with Crippen molar-refractivity contribution in [2.24, 2.45) is 0 Å². The molecule has 1 heterocycles. The van der Waals surface area contributed by atoms with Gasteiger partial charge in [-0.15, -0.1) is 0 Å². The Bertz CT molecular complexity index is 778. The van der Waals surface area contributed by atoms with Crippen LogP contribution in [0.15, 0.2) is 18.2 Å². The average Bonchev–Trinajstić information content (AvgIpc) is 3.48. The maximum atomic E-state index is 12.2. The van der Waals surface area contributed by atoms with E-state index in [2.05, 4.69) is 15.5 Å². The van der Waals surface area contributed by atoms with Gasteiger partial charge in [0, 0.05) is 49.9 Å². The number of carbonyl (C=O) groups excluding carboxylic acids is 2. The molecule has 2 fully saturated rings. The molecule has 9 heteroatoms. The van der Waals surface area contributed by atoms with Crippen LogP contribution in [-0.2, 0) is 4.79 Å². The summed E-state index contributed by atoms with van der Waals surface area (Å²) >= 11 is 0. The summed E-state index contributed by atoms with van der Waals surface area (Å²) in [4.78, 5) is 39.5. The monoisotopic (exact) mass is 403 g/mol. The molecule has 1 aromatic carbocycles. The largest absolute Gasteiger partial charge is 0.365 e. The molecule has 1 aromatic rings. The van der Waals surface area contributed by atoms with Crippen molar-refractivity contribution in [3.63, 3.8) is 0 Å². The van der Waals surface area contributed by atoms with Crippen molar-refractivity contribution < 1.29 is 14.5 Å². The number of benzene rings is 1. The highest BCUT2D eigenvalue weighted by Crippen LogP contribution is 2.30. The second-order valence-electron chi connectivity index (χ2n) is 8.05. The Morgan fingerprint density at radius 2 is 1.97 bits per heavy atom. The number of nitro benzene ring substituents is 1. The second-order valence-corrected chi connectivity index (χ2v) is 8.05. The Kier molecular flexibility index (Phi) is 6.68. The van der Waals surface area contributed by atoms with Crippen molar-refractivity contribution in [2.75, 3.05) is 37.6 Å². The van der Waals surface area contributed by atoms with Crippen LogP contribution >= 0.6 is 0 Å². The van der Waals surface area contributed by atoms with Crippen molar-refractivity contribution >= 4 is 23.2 Å². The van der Waals surface area contributed by atoms with Gasteiger partial charge in [-0.25, -0.2) is 0 Å². The lowest BCUT2D eigenvalue weighted by atomic mass is 10.1. The Morgan fingerprint density at radius 3 is 2.62 bits per heavy atom. The van der Waals surface area contributed by atoms with Gasteiger partial charge in [-0.3, -0.25) is 24.6 Å². The van der Waals surface area contributed by atoms with E-state index in [1.807, 2.05) is 18.7 Å². The highest BCUT2D eigenvalue weighted by molar-refractivity contribution is 5.96. The third-order valence-electron chi connectivity index (χ3n) is 5.09. The van der Waals surface area contributed by atoms with E-state index in [0.717, 1.165) is 25.8 Å². The summed E-state index contributed by atoms with van der Waals surface area (Å²) in [6.45, 7) is 6.84. The standard InChI is InChI=1S/C20H29N5O4/c1-14(2)21-19(26)13-23-8-3-9-24(11-10-23)17-7-4-15(12-18(17)25(28)29)20(27)22-16-5-6-16/h4,7,12,14,16H,3,5-6,8-11,13H2,1-2H3,(H,21,26)(H,22,27). The normalized spacial score (nSPS) is 17.7. The molecule has 1 saturated carbocycles. The van der Waals surface area contributed by atoms with Gasteiger partial charge in [-0.05, 0) is 45.2 Å². The molecule has 0 unspecified atom stereocenters. The van der Waals surface area contributed by atoms with Crippen molar-refractivity contribution in [1.29, 1.82) is 0 Å². The van der Waals surface area contributed by atoms with Crippen LogP contribution in [0.2, 0.25) is 0 Å². The number of nitro groups is 1. The zero-order valence-electron chi connectivity index (χ0n) is 17.0. The van der Waals surface area contributed by atoms with Gasteiger partial charge in [0.05, 0.1) is 11.5 Å².